The number of fused-ring (bicyclic) bond motifs is 2. The molecule has 0 spiro atoms. The van der Waals surface area contributed by atoms with Crippen LogP contribution in [0.3, 0.4) is 0 Å². The fourth-order valence-corrected chi connectivity index (χ4v) is 6.74. The Morgan fingerprint density at radius 1 is 0.840 bits per heavy atom. The quantitative estimate of drug-likeness (QED) is 0.134. The molecule has 1 aliphatic heterocycles. The number of imidazole rings is 1. The minimum absolute atomic E-state index is 0.154. The second-order valence-electron chi connectivity index (χ2n) is 12.3. The third-order valence-electron chi connectivity index (χ3n) is 8.98. The van der Waals surface area contributed by atoms with Gasteiger partial charge in [0.15, 0.2) is 24.1 Å². The molecule has 50 heavy (non-hydrogen) atoms. The molecule has 0 bridgehead atoms. The van der Waals surface area contributed by atoms with Crippen LogP contribution >= 0.6 is 0 Å². The lowest BCUT2D eigenvalue weighted by Crippen LogP contribution is -2.40. The van der Waals surface area contributed by atoms with Gasteiger partial charge in [-0.25, -0.2) is 15.0 Å². The topological polar surface area (TPSA) is 175 Å². The highest BCUT2D eigenvalue weighted by atomic mass is 16.7. The van der Waals surface area contributed by atoms with E-state index >= 15 is 0 Å². The van der Waals surface area contributed by atoms with Crippen LogP contribution in [0.5, 0.6) is 0 Å². The van der Waals surface area contributed by atoms with Crippen LogP contribution in [0, 0.1) is 5.41 Å². The number of ether oxygens (including phenoxy) is 5. The summed E-state index contributed by atoms with van der Waals surface area (Å²) >= 11 is 0. The van der Waals surface area contributed by atoms with Gasteiger partial charge in [0.2, 0.25) is 0 Å². The van der Waals surface area contributed by atoms with E-state index in [1.807, 2.05) is 42.5 Å². The predicted molar refractivity (Wildman–Crippen MR) is 175 cm³/mol. The summed E-state index contributed by atoms with van der Waals surface area (Å²) in [5.41, 5.74) is 3.84. The molecule has 260 valence electrons. The highest BCUT2D eigenvalue weighted by molar-refractivity contribution is 6.04. The molecule has 0 radical (unpaired) electrons. The molecule has 6 rings (SSSR count). The number of benzene rings is 2. The number of Topliss-reactive ketones (excluding diaryl/α,β-unsaturated/α-hetero) is 1. The average Bonchev–Trinajstić information content (AvgIpc) is 3.77. The zero-order valence-corrected chi connectivity index (χ0v) is 28.2. The van der Waals surface area contributed by atoms with Gasteiger partial charge < -0.3 is 23.7 Å². The summed E-state index contributed by atoms with van der Waals surface area (Å²) in [6, 6.07) is 13.5. The van der Waals surface area contributed by atoms with Crippen molar-refractivity contribution < 1.29 is 47.7 Å². The van der Waals surface area contributed by atoms with Crippen molar-refractivity contribution in [2.45, 2.75) is 72.0 Å². The third kappa shape index (κ3) is 6.33. The van der Waals surface area contributed by atoms with Crippen LogP contribution in [-0.2, 0) is 60.5 Å². The SMILES string of the molecule is CCOC(=O)C1(C(C)=O)Cc2cc(-c3ccccc3)c(-c3ncnc4c3ncn4[C@@H]3O[C@H](COC(C)=O)[C@@H](OC(C)=O)[C@H]3OC(C)=O)cc2C1. The van der Waals surface area contributed by atoms with Crippen LogP contribution in [0.25, 0.3) is 33.5 Å². The second-order valence-corrected chi connectivity index (χ2v) is 12.3. The Kier molecular flexibility index (Phi) is 9.47. The summed E-state index contributed by atoms with van der Waals surface area (Å²) < 4.78 is 29.5. The van der Waals surface area contributed by atoms with E-state index in [0.717, 1.165) is 22.3 Å². The first-order valence-corrected chi connectivity index (χ1v) is 16.1. The molecule has 2 aromatic carbocycles. The zero-order chi connectivity index (χ0) is 35.7. The number of carbonyl (C=O) groups is 5. The smallest absolute Gasteiger partial charge is 0.320 e. The molecule has 14 heteroatoms. The molecule has 4 aromatic rings. The van der Waals surface area contributed by atoms with Crippen molar-refractivity contribution in [3.63, 3.8) is 0 Å². The molecule has 5 atom stereocenters. The Morgan fingerprint density at radius 2 is 1.50 bits per heavy atom. The highest BCUT2D eigenvalue weighted by Crippen LogP contribution is 2.45. The number of rotatable bonds is 10. The molecular formula is C36H36N4O10. The molecule has 0 saturated carbocycles. The summed E-state index contributed by atoms with van der Waals surface area (Å²) in [5, 5.41) is 0. The minimum atomic E-state index is -1.33. The number of hydrogen-bond acceptors (Lipinski definition) is 13. The lowest BCUT2D eigenvalue weighted by molar-refractivity contribution is -0.166. The van der Waals surface area contributed by atoms with Crippen LogP contribution in [0.15, 0.2) is 55.1 Å². The summed E-state index contributed by atoms with van der Waals surface area (Å²) in [7, 11) is 0. The lowest BCUT2D eigenvalue weighted by Gasteiger charge is -2.23. The van der Waals surface area contributed by atoms with Crippen molar-refractivity contribution in [2.75, 3.05) is 13.2 Å². The van der Waals surface area contributed by atoms with Crippen molar-refractivity contribution in [3.05, 3.63) is 66.2 Å². The van der Waals surface area contributed by atoms with Crippen LogP contribution in [0.2, 0.25) is 0 Å². The van der Waals surface area contributed by atoms with E-state index in [2.05, 4.69) is 15.0 Å². The fourth-order valence-electron chi connectivity index (χ4n) is 6.74. The Hall–Kier alpha value is -5.50. The van der Waals surface area contributed by atoms with E-state index in [0.29, 0.717) is 22.4 Å². The van der Waals surface area contributed by atoms with Crippen LogP contribution < -0.4 is 0 Å². The molecule has 14 nitrogen and oxygen atoms in total. The maximum atomic E-state index is 13.2. The standard InChI is InChI=1S/C36H36N4O10/c1-6-46-35(45)36(19(2)41)14-24-12-26(23-10-8-7-9-11-23)27(13-25(24)15-36)29-30-33(38-17-37-29)40(18-39-30)34-32(49-22(5)44)31(48-21(4)43)28(50-34)16-47-20(3)42/h7-13,17-18,28,31-32,34H,6,14-16H2,1-5H3/t28-,31-,32-,34-,36?/m1/s1. The van der Waals surface area contributed by atoms with Gasteiger partial charge in [0.05, 0.1) is 12.9 Å². The first kappa shape index (κ1) is 34.4. The Morgan fingerprint density at radius 3 is 2.12 bits per heavy atom. The van der Waals surface area contributed by atoms with E-state index < -0.39 is 53.8 Å². The number of nitrogens with zero attached hydrogens (tertiary/aromatic N) is 4. The van der Waals surface area contributed by atoms with Crippen LogP contribution in [0.4, 0.5) is 0 Å². The molecule has 1 fully saturated rings. The van der Waals surface area contributed by atoms with Crippen molar-refractivity contribution in [2.24, 2.45) is 5.41 Å². The van der Waals surface area contributed by atoms with Gasteiger partial charge in [0.25, 0.3) is 0 Å². The Labute approximate surface area is 287 Å². The number of esters is 4. The van der Waals surface area contributed by atoms with E-state index in [1.54, 1.807) is 11.5 Å². The first-order valence-electron chi connectivity index (χ1n) is 16.1. The van der Waals surface area contributed by atoms with Gasteiger partial charge in [-0.3, -0.25) is 28.5 Å². The number of carbonyl (C=O) groups excluding carboxylic acids is 5. The molecule has 2 aliphatic rings. The fraction of sp³-hybridized carbons (Fsp3) is 0.389. The van der Waals surface area contributed by atoms with Crippen molar-refractivity contribution in [1.29, 1.82) is 0 Å². The van der Waals surface area contributed by atoms with E-state index in [9.17, 15) is 24.0 Å². The first-order chi connectivity index (χ1) is 23.9. The lowest BCUT2D eigenvalue weighted by atomic mass is 9.81. The normalized spacial score (nSPS) is 22.5. The summed E-state index contributed by atoms with van der Waals surface area (Å²) in [6.45, 7) is 6.67. The van der Waals surface area contributed by atoms with Gasteiger partial charge in [-0.15, -0.1) is 0 Å². The summed E-state index contributed by atoms with van der Waals surface area (Å²) in [6.07, 6.45) is -1.10. The summed E-state index contributed by atoms with van der Waals surface area (Å²) in [5.74, 6) is -2.68. The number of ketones is 1. The van der Waals surface area contributed by atoms with Gasteiger partial charge >= 0.3 is 23.9 Å². The molecule has 2 aromatic heterocycles. The second kappa shape index (κ2) is 13.8. The molecule has 1 saturated heterocycles. The predicted octanol–water partition coefficient (Wildman–Crippen LogP) is 3.72. The van der Waals surface area contributed by atoms with E-state index in [4.69, 9.17) is 23.7 Å². The third-order valence-corrected chi connectivity index (χ3v) is 8.98. The van der Waals surface area contributed by atoms with E-state index in [1.165, 1.54) is 40.3 Å². The molecule has 1 aliphatic carbocycles. The minimum Gasteiger partial charge on any atom is -0.465 e. The Balaban J connectivity index is 1.48. The van der Waals surface area contributed by atoms with Gasteiger partial charge in [-0.2, -0.15) is 0 Å². The molecule has 1 unspecified atom stereocenters. The molecule has 3 heterocycles. The maximum absolute atomic E-state index is 13.2. The highest BCUT2D eigenvalue weighted by Gasteiger charge is 2.52. The number of hydrogen-bond donors (Lipinski definition) is 0. The van der Waals surface area contributed by atoms with Crippen molar-refractivity contribution in [3.8, 4) is 22.4 Å². The van der Waals surface area contributed by atoms with Gasteiger partial charge in [-0.1, -0.05) is 36.4 Å². The van der Waals surface area contributed by atoms with E-state index in [-0.39, 0.29) is 31.8 Å². The monoisotopic (exact) mass is 684 g/mol. The van der Waals surface area contributed by atoms with Crippen molar-refractivity contribution >= 4 is 40.8 Å². The maximum Gasteiger partial charge on any atom is 0.320 e. The van der Waals surface area contributed by atoms with Gasteiger partial charge in [0.1, 0.15) is 41.4 Å². The van der Waals surface area contributed by atoms with Crippen LogP contribution in [-0.4, -0.2) is 80.7 Å². The van der Waals surface area contributed by atoms with Crippen molar-refractivity contribution in [1.82, 2.24) is 19.5 Å². The van der Waals surface area contributed by atoms with Gasteiger partial charge in [-0.05, 0) is 55.0 Å². The number of aromatic nitrogens is 4. The van der Waals surface area contributed by atoms with Crippen LogP contribution in [0.1, 0.15) is 52.0 Å². The largest absolute Gasteiger partial charge is 0.465 e. The molecule has 0 N–H and O–H groups in total. The zero-order valence-electron chi connectivity index (χ0n) is 28.2. The Bertz CT molecular complexity index is 1990. The molecule has 0 amide bonds. The summed E-state index contributed by atoms with van der Waals surface area (Å²) in [4.78, 5) is 76.0. The van der Waals surface area contributed by atoms with Gasteiger partial charge in [0, 0.05) is 26.3 Å². The molecular weight excluding hydrogens is 648 g/mol. The average molecular weight is 685 g/mol.